The lowest BCUT2D eigenvalue weighted by atomic mass is 9.80. The van der Waals surface area contributed by atoms with Gasteiger partial charge in [-0.2, -0.15) is 0 Å². The topological polar surface area (TPSA) is 32.3 Å². The summed E-state index contributed by atoms with van der Waals surface area (Å²) in [6, 6.07) is 11.4. The van der Waals surface area contributed by atoms with Gasteiger partial charge in [0.15, 0.2) is 0 Å². The maximum absolute atomic E-state index is 13.4. The lowest BCUT2D eigenvalue weighted by Crippen LogP contribution is -2.61. The van der Waals surface area contributed by atoms with Crippen LogP contribution in [-0.2, 0) is 4.79 Å². The minimum absolute atomic E-state index is 0.0705. The highest BCUT2D eigenvalue weighted by atomic mass is 16.2. The Labute approximate surface area is 145 Å². The molecular formula is C21H30N2O. The Balaban J connectivity index is 1.66. The molecule has 3 nitrogen and oxygen atoms in total. The Hall–Kier alpha value is -1.35. The summed E-state index contributed by atoms with van der Waals surface area (Å²) >= 11 is 0. The molecule has 3 unspecified atom stereocenters. The van der Waals surface area contributed by atoms with Crippen LogP contribution in [0, 0.1) is 5.92 Å². The van der Waals surface area contributed by atoms with Gasteiger partial charge in [-0.3, -0.25) is 10.1 Å². The van der Waals surface area contributed by atoms with E-state index < -0.39 is 0 Å². The highest BCUT2D eigenvalue weighted by Gasteiger charge is 2.45. The fourth-order valence-corrected chi connectivity index (χ4v) is 5.05. The van der Waals surface area contributed by atoms with E-state index in [4.69, 9.17) is 0 Å². The van der Waals surface area contributed by atoms with Gasteiger partial charge >= 0.3 is 0 Å². The molecule has 1 amide bonds. The standard InChI is InChI=1S/C21H30N2O/c24-21-18-14-8-9-15-19(18)22-20(16-10-4-3-5-11-16)23(21)17-12-6-1-2-7-13-17/h3-5,10-11,17-20,22H,1-2,6-9,12-15H2. The van der Waals surface area contributed by atoms with E-state index in [9.17, 15) is 4.79 Å². The molecular weight excluding hydrogens is 296 g/mol. The fourth-order valence-electron chi connectivity index (χ4n) is 5.05. The van der Waals surface area contributed by atoms with Gasteiger partial charge in [0.25, 0.3) is 0 Å². The fraction of sp³-hybridized carbons (Fsp3) is 0.667. The molecule has 2 saturated carbocycles. The van der Waals surface area contributed by atoms with Gasteiger partial charge in [0.1, 0.15) is 6.17 Å². The summed E-state index contributed by atoms with van der Waals surface area (Å²) in [6.45, 7) is 0. The van der Waals surface area contributed by atoms with Gasteiger partial charge in [0.2, 0.25) is 5.91 Å². The maximum Gasteiger partial charge on any atom is 0.229 e. The lowest BCUT2D eigenvalue weighted by molar-refractivity contribution is -0.151. The molecule has 1 aromatic carbocycles. The number of hydrogen-bond donors (Lipinski definition) is 1. The summed E-state index contributed by atoms with van der Waals surface area (Å²) in [6.07, 6.45) is 12.3. The molecule has 0 bridgehead atoms. The molecule has 1 aliphatic heterocycles. The van der Waals surface area contributed by atoms with Crippen LogP contribution >= 0.6 is 0 Å². The van der Waals surface area contributed by atoms with E-state index in [2.05, 4.69) is 40.5 Å². The van der Waals surface area contributed by atoms with Crippen molar-refractivity contribution < 1.29 is 4.79 Å². The van der Waals surface area contributed by atoms with Crippen LogP contribution in [0.5, 0.6) is 0 Å². The molecule has 1 aromatic rings. The summed E-state index contributed by atoms with van der Waals surface area (Å²) in [4.78, 5) is 15.7. The minimum Gasteiger partial charge on any atom is -0.320 e. The Morgan fingerprint density at radius 1 is 0.833 bits per heavy atom. The number of amides is 1. The number of carbonyl (C=O) groups is 1. The van der Waals surface area contributed by atoms with Gasteiger partial charge < -0.3 is 4.90 Å². The van der Waals surface area contributed by atoms with Crippen molar-refractivity contribution in [3.05, 3.63) is 35.9 Å². The van der Waals surface area contributed by atoms with Crippen LogP contribution in [0.2, 0.25) is 0 Å². The second-order valence-corrected chi connectivity index (χ2v) is 7.87. The van der Waals surface area contributed by atoms with Crippen molar-refractivity contribution in [3.8, 4) is 0 Å². The smallest absolute Gasteiger partial charge is 0.229 e. The molecule has 3 atom stereocenters. The summed E-state index contributed by atoms with van der Waals surface area (Å²) in [5, 5.41) is 3.87. The van der Waals surface area contributed by atoms with Crippen LogP contribution < -0.4 is 5.32 Å². The monoisotopic (exact) mass is 326 g/mol. The molecule has 3 aliphatic rings. The Kier molecular flexibility index (Phi) is 4.88. The number of rotatable bonds is 2. The first-order valence-electron chi connectivity index (χ1n) is 9.98. The van der Waals surface area contributed by atoms with Gasteiger partial charge in [-0.25, -0.2) is 0 Å². The SMILES string of the molecule is O=C1C2CCCCC2NC(c2ccccc2)N1C1CCCCCC1. The van der Waals surface area contributed by atoms with E-state index in [1.54, 1.807) is 0 Å². The second kappa shape index (κ2) is 7.26. The van der Waals surface area contributed by atoms with Gasteiger partial charge in [-0.1, -0.05) is 68.9 Å². The molecule has 1 heterocycles. The maximum atomic E-state index is 13.4. The molecule has 4 rings (SSSR count). The van der Waals surface area contributed by atoms with E-state index >= 15 is 0 Å². The first-order chi connectivity index (χ1) is 11.8. The van der Waals surface area contributed by atoms with Crippen molar-refractivity contribution in [1.29, 1.82) is 0 Å². The molecule has 1 N–H and O–H groups in total. The zero-order chi connectivity index (χ0) is 16.4. The van der Waals surface area contributed by atoms with E-state index in [-0.39, 0.29) is 12.1 Å². The number of benzene rings is 1. The number of fused-ring (bicyclic) bond motifs is 1. The molecule has 0 aromatic heterocycles. The third kappa shape index (κ3) is 3.11. The van der Waals surface area contributed by atoms with Crippen LogP contribution in [-0.4, -0.2) is 22.9 Å². The molecule has 3 heteroatoms. The van der Waals surface area contributed by atoms with Crippen molar-refractivity contribution in [2.24, 2.45) is 5.92 Å². The summed E-state index contributed by atoms with van der Waals surface area (Å²) in [5.74, 6) is 0.640. The van der Waals surface area contributed by atoms with Crippen molar-refractivity contribution in [2.75, 3.05) is 0 Å². The van der Waals surface area contributed by atoms with Crippen molar-refractivity contribution >= 4 is 5.91 Å². The highest BCUT2D eigenvalue weighted by Crippen LogP contribution is 2.38. The zero-order valence-corrected chi connectivity index (χ0v) is 14.6. The largest absolute Gasteiger partial charge is 0.320 e. The summed E-state index contributed by atoms with van der Waals surface area (Å²) < 4.78 is 0. The predicted molar refractivity (Wildman–Crippen MR) is 96.4 cm³/mol. The Morgan fingerprint density at radius 2 is 1.50 bits per heavy atom. The first-order valence-corrected chi connectivity index (χ1v) is 9.98. The average molecular weight is 326 g/mol. The quantitative estimate of drug-likeness (QED) is 0.817. The molecule has 0 spiro atoms. The Bertz CT molecular complexity index is 550. The molecule has 2 aliphatic carbocycles. The molecule has 130 valence electrons. The highest BCUT2D eigenvalue weighted by molar-refractivity contribution is 5.81. The Morgan fingerprint density at radius 3 is 2.25 bits per heavy atom. The number of nitrogens with zero attached hydrogens (tertiary/aromatic N) is 1. The van der Waals surface area contributed by atoms with E-state index in [1.165, 1.54) is 56.9 Å². The number of hydrogen-bond acceptors (Lipinski definition) is 2. The van der Waals surface area contributed by atoms with Crippen LogP contribution in [0.15, 0.2) is 30.3 Å². The van der Waals surface area contributed by atoms with Gasteiger partial charge in [0, 0.05) is 12.1 Å². The molecule has 24 heavy (non-hydrogen) atoms. The van der Waals surface area contributed by atoms with Crippen molar-refractivity contribution in [1.82, 2.24) is 10.2 Å². The van der Waals surface area contributed by atoms with Crippen LogP contribution in [0.25, 0.3) is 0 Å². The average Bonchev–Trinajstić information content (AvgIpc) is 2.91. The van der Waals surface area contributed by atoms with Crippen molar-refractivity contribution in [3.63, 3.8) is 0 Å². The van der Waals surface area contributed by atoms with Gasteiger partial charge in [-0.15, -0.1) is 0 Å². The summed E-state index contributed by atoms with van der Waals surface area (Å²) in [5.41, 5.74) is 1.25. The van der Waals surface area contributed by atoms with Crippen LogP contribution in [0.1, 0.15) is 75.9 Å². The van der Waals surface area contributed by atoms with E-state index in [0.717, 1.165) is 12.8 Å². The molecule has 0 radical (unpaired) electrons. The molecule has 1 saturated heterocycles. The second-order valence-electron chi connectivity index (χ2n) is 7.87. The predicted octanol–water partition coefficient (Wildman–Crippen LogP) is 4.40. The molecule has 3 fully saturated rings. The van der Waals surface area contributed by atoms with E-state index in [0.29, 0.717) is 18.0 Å². The van der Waals surface area contributed by atoms with E-state index in [1.807, 2.05) is 0 Å². The van der Waals surface area contributed by atoms with Gasteiger partial charge in [-0.05, 0) is 31.2 Å². The zero-order valence-electron chi connectivity index (χ0n) is 14.6. The van der Waals surface area contributed by atoms with Crippen LogP contribution in [0.3, 0.4) is 0 Å². The van der Waals surface area contributed by atoms with Crippen molar-refractivity contribution in [2.45, 2.75) is 82.5 Å². The number of carbonyl (C=O) groups excluding carboxylic acids is 1. The normalized spacial score (nSPS) is 32.2. The van der Waals surface area contributed by atoms with Crippen LogP contribution in [0.4, 0.5) is 0 Å². The third-order valence-corrected chi connectivity index (χ3v) is 6.32. The lowest BCUT2D eigenvalue weighted by Gasteiger charge is -2.49. The number of nitrogens with one attached hydrogen (secondary N) is 1. The third-order valence-electron chi connectivity index (χ3n) is 6.32. The van der Waals surface area contributed by atoms with Gasteiger partial charge in [0.05, 0.1) is 5.92 Å². The first kappa shape index (κ1) is 16.1. The minimum atomic E-state index is 0.0705. The summed E-state index contributed by atoms with van der Waals surface area (Å²) in [7, 11) is 0.